The number of nitrogens with one attached hydrogen (secondary N) is 1. The first-order valence-corrected chi connectivity index (χ1v) is 7.77. The molecule has 3 rings (SSSR count). The van der Waals surface area contributed by atoms with E-state index in [0.29, 0.717) is 16.9 Å². The van der Waals surface area contributed by atoms with E-state index in [1.807, 2.05) is 12.1 Å². The summed E-state index contributed by atoms with van der Waals surface area (Å²) in [5, 5.41) is 3.77. The van der Waals surface area contributed by atoms with Crippen LogP contribution < -0.4 is 16.0 Å². The van der Waals surface area contributed by atoms with Gasteiger partial charge in [0.15, 0.2) is 0 Å². The highest BCUT2D eigenvalue weighted by atomic mass is 79.9. The predicted octanol–water partition coefficient (Wildman–Crippen LogP) is 3.21. The molecule has 2 heterocycles. The van der Waals surface area contributed by atoms with E-state index in [0.717, 1.165) is 36.1 Å². The van der Waals surface area contributed by atoms with Crippen molar-refractivity contribution in [2.45, 2.75) is 12.8 Å². The Morgan fingerprint density at radius 3 is 2.67 bits per heavy atom. The molecule has 21 heavy (non-hydrogen) atoms. The topological polar surface area (TPSA) is 80.0 Å². The van der Waals surface area contributed by atoms with Gasteiger partial charge in [-0.1, -0.05) is 11.6 Å². The number of halogens is 2. The monoisotopic (exact) mass is 368 g/mol. The lowest BCUT2D eigenvalue weighted by Crippen LogP contribution is -2.21. The molecule has 1 aromatic heterocycles. The minimum Gasteiger partial charge on any atom is -0.368 e. The molecule has 0 saturated carbocycles. The van der Waals surface area contributed by atoms with Gasteiger partial charge in [0.1, 0.15) is 0 Å². The smallest absolute Gasteiger partial charge is 0.233 e. The zero-order valence-corrected chi connectivity index (χ0v) is 13.5. The molecule has 8 heteroatoms. The average Bonchev–Trinajstić information content (AvgIpc) is 2.96. The Kier molecular flexibility index (Phi) is 4.12. The summed E-state index contributed by atoms with van der Waals surface area (Å²) in [4.78, 5) is 14.9. The summed E-state index contributed by atoms with van der Waals surface area (Å²) < 4.78 is 0.802. The van der Waals surface area contributed by atoms with Crippen molar-refractivity contribution in [3.05, 3.63) is 27.7 Å². The number of aromatic nitrogens is 3. The molecule has 0 atom stereocenters. The number of hydrogen-bond donors (Lipinski definition) is 2. The van der Waals surface area contributed by atoms with E-state index >= 15 is 0 Å². The zero-order chi connectivity index (χ0) is 14.8. The van der Waals surface area contributed by atoms with Gasteiger partial charge in [-0.25, -0.2) is 0 Å². The second-order valence-electron chi connectivity index (χ2n) is 4.77. The molecule has 110 valence electrons. The third kappa shape index (κ3) is 3.36. The van der Waals surface area contributed by atoms with E-state index in [1.165, 1.54) is 0 Å². The molecule has 1 saturated heterocycles. The number of hydrogen-bond acceptors (Lipinski definition) is 6. The lowest BCUT2D eigenvalue weighted by molar-refractivity contribution is 0.887. The van der Waals surface area contributed by atoms with Gasteiger partial charge in [-0.05, 0) is 47.0 Å². The molecule has 0 unspecified atom stereocenters. The van der Waals surface area contributed by atoms with Crippen LogP contribution in [0, 0.1) is 0 Å². The predicted molar refractivity (Wildman–Crippen MR) is 88.1 cm³/mol. The molecule has 1 aromatic carbocycles. The maximum atomic E-state index is 5.98. The summed E-state index contributed by atoms with van der Waals surface area (Å²) in [6, 6.07) is 5.50. The third-order valence-electron chi connectivity index (χ3n) is 3.21. The Bertz CT molecular complexity index is 659. The van der Waals surface area contributed by atoms with Crippen molar-refractivity contribution in [2.24, 2.45) is 0 Å². The lowest BCUT2D eigenvalue weighted by Gasteiger charge is -2.16. The third-order valence-corrected chi connectivity index (χ3v) is 4.42. The first kappa shape index (κ1) is 14.3. The normalized spacial score (nSPS) is 14.5. The molecule has 0 amide bonds. The second kappa shape index (κ2) is 6.03. The SMILES string of the molecule is Nc1nc(Nc2ccc(Cl)c(Br)c2)nc(N2CCCC2)n1. The molecule has 1 aliphatic heterocycles. The fourth-order valence-electron chi connectivity index (χ4n) is 2.20. The number of nitrogens with two attached hydrogens (primary N) is 1. The van der Waals surface area contributed by atoms with Gasteiger partial charge in [0.25, 0.3) is 0 Å². The van der Waals surface area contributed by atoms with Gasteiger partial charge in [-0.15, -0.1) is 0 Å². The zero-order valence-electron chi connectivity index (χ0n) is 11.2. The maximum Gasteiger partial charge on any atom is 0.233 e. The Balaban J connectivity index is 1.85. The van der Waals surface area contributed by atoms with Crippen LogP contribution in [0.25, 0.3) is 0 Å². The van der Waals surface area contributed by atoms with Crippen molar-refractivity contribution in [3.8, 4) is 0 Å². The van der Waals surface area contributed by atoms with Gasteiger partial charge in [-0.2, -0.15) is 15.0 Å². The van der Waals surface area contributed by atoms with Gasteiger partial charge in [0.2, 0.25) is 17.8 Å². The molecule has 0 bridgehead atoms. The van der Waals surface area contributed by atoms with Crippen LogP contribution in [0.5, 0.6) is 0 Å². The van der Waals surface area contributed by atoms with E-state index in [4.69, 9.17) is 17.3 Å². The number of nitrogen functional groups attached to an aromatic ring is 1. The van der Waals surface area contributed by atoms with Crippen molar-refractivity contribution in [1.29, 1.82) is 0 Å². The lowest BCUT2D eigenvalue weighted by atomic mass is 10.3. The summed E-state index contributed by atoms with van der Waals surface area (Å²) in [7, 11) is 0. The van der Waals surface area contributed by atoms with Crippen molar-refractivity contribution in [2.75, 3.05) is 29.0 Å². The van der Waals surface area contributed by atoms with Crippen LogP contribution in [0.3, 0.4) is 0 Å². The minimum atomic E-state index is 0.211. The molecule has 0 aliphatic carbocycles. The van der Waals surface area contributed by atoms with E-state index in [2.05, 4.69) is 41.1 Å². The Morgan fingerprint density at radius 1 is 1.19 bits per heavy atom. The van der Waals surface area contributed by atoms with Gasteiger partial charge < -0.3 is 16.0 Å². The highest BCUT2D eigenvalue weighted by Crippen LogP contribution is 2.27. The van der Waals surface area contributed by atoms with Gasteiger partial charge in [0, 0.05) is 23.2 Å². The molecule has 3 N–H and O–H groups in total. The largest absolute Gasteiger partial charge is 0.368 e. The van der Waals surface area contributed by atoms with Crippen LogP contribution in [-0.2, 0) is 0 Å². The van der Waals surface area contributed by atoms with Gasteiger partial charge >= 0.3 is 0 Å². The quantitative estimate of drug-likeness (QED) is 0.865. The highest BCUT2D eigenvalue weighted by molar-refractivity contribution is 9.10. The minimum absolute atomic E-state index is 0.211. The van der Waals surface area contributed by atoms with E-state index in [1.54, 1.807) is 6.07 Å². The van der Waals surface area contributed by atoms with Crippen molar-refractivity contribution in [1.82, 2.24) is 15.0 Å². The Hall–Kier alpha value is -1.60. The summed E-state index contributed by atoms with van der Waals surface area (Å²) in [6.07, 6.45) is 2.30. The molecular formula is C13H14BrClN6. The van der Waals surface area contributed by atoms with Gasteiger partial charge in [-0.3, -0.25) is 0 Å². The number of benzene rings is 1. The van der Waals surface area contributed by atoms with Crippen LogP contribution >= 0.6 is 27.5 Å². The summed E-state index contributed by atoms with van der Waals surface area (Å²) in [5.41, 5.74) is 6.60. The first-order chi connectivity index (χ1) is 10.1. The summed E-state index contributed by atoms with van der Waals surface area (Å²) in [5.74, 6) is 1.26. The van der Waals surface area contributed by atoms with E-state index < -0.39 is 0 Å². The standard InChI is InChI=1S/C13H14BrClN6/c14-9-7-8(3-4-10(9)15)17-12-18-11(16)19-13(20-12)21-5-1-2-6-21/h3-4,7H,1-2,5-6H2,(H3,16,17,18,19,20). The molecule has 6 nitrogen and oxygen atoms in total. The van der Waals surface area contributed by atoms with E-state index in [9.17, 15) is 0 Å². The molecule has 1 aliphatic rings. The fraction of sp³-hybridized carbons (Fsp3) is 0.308. The molecule has 1 fully saturated rings. The molecular weight excluding hydrogens is 356 g/mol. The summed E-state index contributed by atoms with van der Waals surface area (Å²) in [6.45, 7) is 1.91. The number of anilines is 4. The molecule has 0 spiro atoms. The summed E-state index contributed by atoms with van der Waals surface area (Å²) >= 11 is 9.36. The van der Waals surface area contributed by atoms with Crippen molar-refractivity contribution >= 4 is 51.1 Å². The van der Waals surface area contributed by atoms with Crippen molar-refractivity contribution < 1.29 is 0 Å². The fourth-order valence-corrected chi connectivity index (χ4v) is 2.69. The maximum absolute atomic E-state index is 5.98. The Morgan fingerprint density at radius 2 is 1.95 bits per heavy atom. The van der Waals surface area contributed by atoms with Crippen LogP contribution in [0.15, 0.2) is 22.7 Å². The average molecular weight is 370 g/mol. The van der Waals surface area contributed by atoms with Crippen LogP contribution in [-0.4, -0.2) is 28.0 Å². The number of nitrogens with zero attached hydrogens (tertiary/aromatic N) is 4. The second-order valence-corrected chi connectivity index (χ2v) is 6.03. The Labute approximate surface area is 135 Å². The highest BCUT2D eigenvalue weighted by Gasteiger charge is 2.16. The van der Waals surface area contributed by atoms with Crippen LogP contribution in [0.4, 0.5) is 23.5 Å². The first-order valence-electron chi connectivity index (χ1n) is 6.60. The molecule has 0 radical (unpaired) electrons. The van der Waals surface area contributed by atoms with Gasteiger partial charge in [0.05, 0.1) is 5.02 Å². The number of rotatable bonds is 3. The molecule has 2 aromatic rings. The van der Waals surface area contributed by atoms with Crippen LogP contribution in [0.1, 0.15) is 12.8 Å². The van der Waals surface area contributed by atoms with Crippen molar-refractivity contribution in [3.63, 3.8) is 0 Å². The van der Waals surface area contributed by atoms with Crippen LogP contribution in [0.2, 0.25) is 5.02 Å². The van der Waals surface area contributed by atoms with E-state index in [-0.39, 0.29) is 5.95 Å².